The number of anilines is 2. The fraction of sp³-hybridized carbons (Fsp3) is 0.259. The minimum Gasteiger partial charge on any atom is -0.495 e. The lowest BCUT2D eigenvalue weighted by molar-refractivity contribution is -0.118. The third-order valence-electron chi connectivity index (χ3n) is 6.13. The van der Waals surface area contributed by atoms with E-state index < -0.39 is 0 Å². The summed E-state index contributed by atoms with van der Waals surface area (Å²) in [4.78, 5) is 19.8. The molecule has 3 aromatic carbocycles. The summed E-state index contributed by atoms with van der Waals surface area (Å²) in [6, 6.07) is 21.3. The van der Waals surface area contributed by atoms with Crippen LogP contribution in [0.1, 0.15) is 12.2 Å². The second kappa shape index (κ2) is 9.97. The predicted octanol–water partition coefficient (Wildman–Crippen LogP) is 4.48. The molecule has 1 N–H and O–H groups in total. The van der Waals surface area contributed by atoms with E-state index in [2.05, 4.69) is 33.0 Å². The number of fused-ring (bicyclic) bond motifs is 3. The van der Waals surface area contributed by atoms with Crippen molar-refractivity contribution >= 4 is 28.3 Å². The quantitative estimate of drug-likeness (QED) is 0.427. The molecule has 35 heavy (non-hydrogen) atoms. The Labute approximate surface area is 204 Å². The summed E-state index contributed by atoms with van der Waals surface area (Å²) in [6.45, 7) is 2.34. The van der Waals surface area contributed by atoms with Crippen LogP contribution in [-0.4, -0.2) is 42.8 Å². The molecule has 1 aliphatic heterocycles. The standard InChI is InChI=1S/C27H28N4O4/c1-33-23-13-12-19(16-21(23)29-27(32)18-35-25-11-6-5-10-24(25)34-2)30-14-7-15-31-22-9-4-3-8-20(22)28-26(31)17-30/h3-6,8-13,16H,7,14-15,17-18H2,1-2H3,(H,29,32). The Hall–Kier alpha value is -4.20. The van der Waals surface area contributed by atoms with E-state index in [1.54, 1.807) is 26.4 Å². The molecule has 5 rings (SSSR count). The molecule has 8 nitrogen and oxygen atoms in total. The van der Waals surface area contributed by atoms with Crippen LogP contribution in [0, 0.1) is 0 Å². The first-order valence-corrected chi connectivity index (χ1v) is 11.6. The van der Waals surface area contributed by atoms with Gasteiger partial charge in [-0.3, -0.25) is 4.79 Å². The molecule has 8 heteroatoms. The number of hydrogen-bond donors (Lipinski definition) is 1. The van der Waals surface area contributed by atoms with Crippen LogP contribution in [0.2, 0.25) is 0 Å². The van der Waals surface area contributed by atoms with Crippen molar-refractivity contribution in [2.24, 2.45) is 0 Å². The number of nitrogens with one attached hydrogen (secondary N) is 1. The molecule has 0 unspecified atom stereocenters. The lowest BCUT2D eigenvalue weighted by atomic mass is 10.2. The molecular formula is C27H28N4O4. The summed E-state index contributed by atoms with van der Waals surface area (Å²) in [6.07, 6.45) is 0.994. The number of benzene rings is 3. The van der Waals surface area contributed by atoms with Gasteiger partial charge in [0.25, 0.3) is 5.91 Å². The van der Waals surface area contributed by atoms with Gasteiger partial charge < -0.3 is 29.0 Å². The van der Waals surface area contributed by atoms with Gasteiger partial charge >= 0.3 is 0 Å². The van der Waals surface area contributed by atoms with Gasteiger partial charge in [-0.25, -0.2) is 4.98 Å². The van der Waals surface area contributed by atoms with Crippen molar-refractivity contribution in [2.75, 3.05) is 37.6 Å². The third-order valence-corrected chi connectivity index (χ3v) is 6.13. The molecule has 2 heterocycles. The number of hydrogen-bond acceptors (Lipinski definition) is 6. The maximum absolute atomic E-state index is 12.7. The molecule has 0 aliphatic carbocycles. The molecule has 0 bridgehead atoms. The van der Waals surface area contributed by atoms with Gasteiger partial charge in [0, 0.05) is 18.8 Å². The molecule has 1 aromatic heterocycles. The molecule has 0 atom stereocenters. The zero-order valence-corrected chi connectivity index (χ0v) is 19.9. The second-order valence-corrected chi connectivity index (χ2v) is 8.32. The highest BCUT2D eigenvalue weighted by molar-refractivity contribution is 5.94. The molecule has 0 saturated carbocycles. The molecular weight excluding hydrogens is 444 g/mol. The lowest BCUT2D eigenvalue weighted by Gasteiger charge is -2.23. The molecule has 0 spiro atoms. The predicted molar refractivity (Wildman–Crippen MR) is 136 cm³/mol. The summed E-state index contributed by atoms with van der Waals surface area (Å²) < 4.78 is 18.7. The maximum Gasteiger partial charge on any atom is 0.262 e. The number of nitrogens with zero attached hydrogens (tertiary/aromatic N) is 3. The van der Waals surface area contributed by atoms with Gasteiger partial charge in [-0.05, 0) is 48.9 Å². The van der Waals surface area contributed by atoms with Gasteiger partial charge in [0.2, 0.25) is 0 Å². The average molecular weight is 473 g/mol. The third kappa shape index (κ3) is 4.73. The topological polar surface area (TPSA) is 77.9 Å². The largest absolute Gasteiger partial charge is 0.495 e. The molecule has 0 fully saturated rings. The number of ether oxygens (including phenoxy) is 3. The Bertz CT molecular complexity index is 1350. The van der Waals surface area contributed by atoms with Gasteiger partial charge in [-0.15, -0.1) is 0 Å². The first-order valence-electron chi connectivity index (χ1n) is 11.6. The van der Waals surface area contributed by atoms with E-state index in [1.807, 2.05) is 36.4 Å². The monoisotopic (exact) mass is 472 g/mol. The van der Waals surface area contributed by atoms with Gasteiger partial charge in [0.05, 0.1) is 37.5 Å². The highest BCUT2D eigenvalue weighted by Gasteiger charge is 2.20. The van der Waals surface area contributed by atoms with Crippen LogP contribution in [0.5, 0.6) is 17.2 Å². The smallest absolute Gasteiger partial charge is 0.262 e. The van der Waals surface area contributed by atoms with Crippen molar-refractivity contribution in [2.45, 2.75) is 19.5 Å². The van der Waals surface area contributed by atoms with E-state index >= 15 is 0 Å². The van der Waals surface area contributed by atoms with Crippen molar-refractivity contribution in [1.29, 1.82) is 0 Å². The van der Waals surface area contributed by atoms with Crippen LogP contribution in [0.25, 0.3) is 11.0 Å². The first-order chi connectivity index (χ1) is 17.2. The fourth-order valence-electron chi connectivity index (χ4n) is 4.44. The zero-order chi connectivity index (χ0) is 24.2. The van der Waals surface area contributed by atoms with E-state index in [0.29, 0.717) is 29.5 Å². The molecule has 4 aromatic rings. The van der Waals surface area contributed by atoms with Gasteiger partial charge in [0.1, 0.15) is 11.6 Å². The first kappa shape index (κ1) is 22.6. The van der Waals surface area contributed by atoms with Crippen LogP contribution in [0.3, 0.4) is 0 Å². The van der Waals surface area contributed by atoms with Gasteiger partial charge in [0.15, 0.2) is 18.1 Å². The van der Waals surface area contributed by atoms with Crippen LogP contribution >= 0.6 is 0 Å². The number of imidazole rings is 1. The highest BCUT2D eigenvalue weighted by atomic mass is 16.5. The number of para-hydroxylation sites is 4. The number of methoxy groups -OCH3 is 2. The zero-order valence-electron chi connectivity index (χ0n) is 19.9. The number of rotatable bonds is 7. The van der Waals surface area contributed by atoms with Gasteiger partial charge in [-0.1, -0.05) is 24.3 Å². The van der Waals surface area contributed by atoms with Crippen molar-refractivity contribution in [3.63, 3.8) is 0 Å². The van der Waals surface area contributed by atoms with E-state index in [-0.39, 0.29) is 12.5 Å². The van der Waals surface area contributed by atoms with E-state index in [1.165, 1.54) is 5.52 Å². The second-order valence-electron chi connectivity index (χ2n) is 8.32. The minimum atomic E-state index is -0.288. The molecule has 0 saturated heterocycles. The number of carbonyl (C=O) groups is 1. The number of amides is 1. The normalized spacial score (nSPS) is 13.1. The van der Waals surface area contributed by atoms with Crippen molar-refractivity contribution < 1.29 is 19.0 Å². The number of carbonyl (C=O) groups excluding carboxylic acids is 1. The number of aromatic nitrogens is 2. The van der Waals surface area contributed by atoms with Crippen LogP contribution < -0.4 is 24.4 Å². The summed E-state index contributed by atoms with van der Waals surface area (Å²) in [7, 11) is 3.15. The lowest BCUT2D eigenvalue weighted by Crippen LogP contribution is -2.24. The number of aryl methyl sites for hydroxylation is 1. The molecule has 1 aliphatic rings. The Morgan fingerprint density at radius 1 is 0.943 bits per heavy atom. The molecule has 0 radical (unpaired) electrons. The van der Waals surface area contributed by atoms with E-state index in [4.69, 9.17) is 19.2 Å². The highest BCUT2D eigenvalue weighted by Crippen LogP contribution is 2.32. The van der Waals surface area contributed by atoms with Crippen molar-refractivity contribution in [3.8, 4) is 17.2 Å². The minimum absolute atomic E-state index is 0.151. The maximum atomic E-state index is 12.7. The Balaban J connectivity index is 1.33. The van der Waals surface area contributed by atoms with E-state index in [9.17, 15) is 4.79 Å². The van der Waals surface area contributed by atoms with Crippen LogP contribution in [0.4, 0.5) is 11.4 Å². The Kier molecular flexibility index (Phi) is 6.43. The molecule has 1 amide bonds. The summed E-state index contributed by atoms with van der Waals surface area (Å²) in [5.41, 5.74) is 3.77. The summed E-state index contributed by atoms with van der Waals surface area (Å²) >= 11 is 0. The van der Waals surface area contributed by atoms with E-state index in [0.717, 1.165) is 36.5 Å². The van der Waals surface area contributed by atoms with Crippen molar-refractivity contribution in [3.05, 3.63) is 72.6 Å². The Morgan fingerprint density at radius 2 is 1.71 bits per heavy atom. The van der Waals surface area contributed by atoms with Gasteiger partial charge in [-0.2, -0.15) is 0 Å². The summed E-state index contributed by atoms with van der Waals surface area (Å²) in [5, 5.41) is 2.93. The SMILES string of the molecule is COc1ccc(N2CCCn3c(nc4ccccc43)C2)cc1NC(=O)COc1ccccc1OC. The Morgan fingerprint density at radius 3 is 2.54 bits per heavy atom. The van der Waals surface area contributed by atoms with Crippen LogP contribution in [0.15, 0.2) is 66.7 Å². The molecule has 180 valence electrons. The van der Waals surface area contributed by atoms with Crippen LogP contribution in [-0.2, 0) is 17.9 Å². The van der Waals surface area contributed by atoms with Crippen molar-refractivity contribution in [1.82, 2.24) is 9.55 Å². The summed E-state index contributed by atoms with van der Waals surface area (Å²) in [5.74, 6) is 2.42. The average Bonchev–Trinajstić information content (AvgIpc) is 3.10. The fourth-order valence-corrected chi connectivity index (χ4v) is 4.44.